The smallest absolute Gasteiger partial charge is 0.547 e. The van der Waals surface area contributed by atoms with Crippen molar-refractivity contribution < 1.29 is 91.9 Å². The molecule has 0 aromatic heterocycles. The van der Waals surface area contributed by atoms with Crippen molar-refractivity contribution in [2.75, 3.05) is 6.61 Å². The minimum Gasteiger partial charge on any atom is -0.547 e. The van der Waals surface area contributed by atoms with E-state index in [-0.39, 0.29) is 51.4 Å². The molecule has 0 bridgehead atoms. The topological polar surface area (TPSA) is 162 Å². The fourth-order valence-electron chi connectivity index (χ4n) is 0.864. The standard InChI is InChI=1S/C7H14O8.K/c8-1-2(9)3(10)4(11)5(12)6(13)7(14)15;/h2-6,8-13H,1H2,(H,14,15);/q;+1/p-1/t2-,3-,4+,5-,6-;/m1./s1. The number of hydrogen-bond acceptors (Lipinski definition) is 8. The average molecular weight is 264 g/mol. The Labute approximate surface area is 134 Å². The van der Waals surface area contributed by atoms with Crippen LogP contribution in [0, 0.1) is 0 Å². The van der Waals surface area contributed by atoms with Crippen molar-refractivity contribution in [3.8, 4) is 0 Å². The van der Waals surface area contributed by atoms with Gasteiger partial charge in [0.2, 0.25) is 0 Å². The second kappa shape index (κ2) is 8.88. The number of aliphatic hydroxyl groups is 6. The maximum Gasteiger partial charge on any atom is 1.00 e. The molecule has 6 N–H and O–H groups in total. The van der Waals surface area contributed by atoms with Crippen LogP contribution in [0.2, 0.25) is 0 Å². The van der Waals surface area contributed by atoms with Gasteiger partial charge in [-0.2, -0.15) is 0 Å². The summed E-state index contributed by atoms with van der Waals surface area (Å²) < 4.78 is 0. The molecule has 0 saturated heterocycles. The molecular formula is C7H13KO8. The Kier molecular flexibility index (Phi) is 10.7. The first-order valence-electron chi connectivity index (χ1n) is 4.05. The summed E-state index contributed by atoms with van der Waals surface area (Å²) in [5, 5.41) is 63.2. The van der Waals surface area contributed by atoms with Crippen molar-refractivity contribution in [3.63, 3.8) is 0 Å². The van der Waals surface area contributed by atoms with Crippen LogP contribution in [0.3, 0.4) is 0 Å². The van der Waals surface area contributed by atoms with Gasteiger partial charge >= 0.3 is 51.4 Å². The Hall–Kier alpha value is 0.866. The van der Waals surface area contributed by atoms with E-state index in [2.05, 4.69) is 0 Å². The molecule has 0 unspecified atom stereocenters. The van der Waals surface area contributed by atoms with Crippen molar-refractivity contribution in [1.29, 1.82) is 0 Å². The molecule has 0 aliphatic heterocycles. The van der Waals surface area contributed by atoms with Gasteiger partial charge in [-0.3, -0.25) is 0 Å². The quantitative estimate of drug-likeness (QED) is 0.258. The number of aliphatic hydroxyl groups excluding tert-OH is 6. The Morgan fingerprint density at radius 3 is 1.75 bits per heavy atom. The first-order chi connectivity index (χ1) is 6.82. The second-order valence-electron chi connectivity index (χ2n) is 2.99. The van der Waals surface area contributed by atoms with Gasteiger partial charge in [0.05, 0.1) is 12.6 Å². The van der Waals surface area contributed by atoms with Crippen LogP contribution in [-0.2, 0) is 4.79 Å². The minimum atomic E-state index is -2.40. The predicted molar refractivity (Wildman–Crippen MR) is 42.1 cm³/mol. The molecule has 8 nitrogen and oxygen atoms in total. The number of carboxylic acids is 1. The first kappa shape index (κ1) is 19.2. The molecule has 0 spiro atoms. The SMILES string of the molecule is O=C([O-])[C@H](O)[C@H](O)[C@@H](O)[C@H](O)[C@H](O)CO.[K+]. The van der Waals surface area contributed by atoms with Crippen molar-refractivity contribution >= 4 is 5.97 Å². The molecule has 0 aromatic rings. The molecule has 0 aliphatic carbocycles. The third-order valence-corrected chi connectivity index (χ3v) is 1.85. The molecule has 16 heavy (non-hydrogen) atoms. The van der Waals surface area contributed by atoms with E-state index in [4.69, 9.17) is 30.6 Å². The van der Waals surface area contributed by atoms with Gasteiger partial charge < -0.3 is 40.5 Å². The van der Waals surface area contributed by atoms with Gasteiger partial charge in [0.15, 0.2) is 0 Å². The molecular weight excluding hydrogens is 251 g/mol. The molecule has 5 atom stereocenters. The number of hydrogen-bond donors (Lipinski definition) is 6. The summed E-state index contributed by atoms with van der Waals surface area (Å²) in [6.07, 6.45) is -10.5. The zero-order chi connectivity index (χ0) is 12.2. The fraction of sp³-hybridized carbons (Fsp3) is 0.857. The van der Waals surface area contributed by atoms with Crippen molar-refractivity contribution in [1.82, 2.24) is 0 Å². The van der Waals surface area contributed by atoms with Crippen LogP contribution < -0.4 is 56.5 Å². The first-order valence-corrected chi connectivity index (χ1v) is 4.05. The van der Waals surface area contributed by atoms with E-state index >= 15 is 0 Å². The summed E-state index contributed by atoms with van der Waals surface area (Å²) in [5.74, 6) is -2.03. The van der Waals surface area contributed by atoms with E-state index in [0.29, 0.717) is 0 Å². The van der Waals surface area contributed by atoms with Crippen molar-refractivity contribution in [3.05, 3.63) is 0 Å². The Morgan fingerprint density at radius 1 is 1.00 bits per heavy atom. The molecule has 0 aromatic carbocycles. The summed E-state index contributed by atoms with van der Waals surface area (Å²) in [5.41, 5.74) is 0. The Balaban J connectivity index is 0. The van der Waals surface area contributed by atoms with Crippen LogP contribution in [0.5, 0.6) is 0 Å². The van der Waals surface area contributed by atoms with Gasteiger partial charge in [0.25, 0.3) is 0 Å². The molecule has 0 radical (unpaired) electrons. The van der Waals surface area contributed by atoms with E-state index in [1.807, 2.05) is 0 Å². The molecule has 0 amide bonds. The van der Waals surface area contributed by atoms with Gasteiger partial charge in [-0.15, -0.1) is 0 Å². The number of carboxylic acid groups (broad SMARTS) is 1. The average Bonchev–Trinajstić information content (AvgIpc) is 2.23. The largest absolute Gasteiger partial charge is 1.00 e. The Bertz CT molecular complexity index is 213. The van der Waals surface area contributed by atoms with E-state index < -0.39 is 43.1 Å². The van der Waals surface area contributed by atoms with Crippen LogP contribution in [0.1, 0.15) is 0 Å². The zero-order valence-corrected chi connectivity index (χ0v) is 11.7. The van der Waals surface area contributed by atoms with E-state index in [9.17, 15) is 9.90 Å². The second-order valence-corrected chi connectivity index (χ2v) is 2.99. The van der Waals surface area contributed by atoms with Crippen LogP contribution in [0.4, 0.5) is 0 Å². The van der Waals surface area contributed by atoms with Gasteiger partial charge in [0, 0.05) is 0 Å². The summed E-state index contributed by atoms with van der Waals surface area (Å²) >= 11 is 0. The minimum absolute atomic E-state index is 0. The summed E-state index contributed by atoms with van der Waals surface area (Å²) in [6, 6.07) is 0. The predicted octanol–water partition coefficient (Wildman–Crippen LogP) is -8.46. The molecule has 0 rings (SSSR count). The number of rotatable bonds is 6. The van der Waals surface area contributed by atoms with Crippen molar-refractivity contribution in [2.45, 2.75) is 30.5 Å². The van der Waals surface area contributed by atoms with Crippen molar-refractivity contribution in [2.24, 2.45) is 0 Å². The number of aliphatic carboxylic acids is 1. The van der Waals surface area contributed by atoms with E-state index in [1.54, 1.807) is 0 Å². The molecule has 90 valence electrons. The summed E-state index contributed by atoms with van der Waals surface area (Å²) in [6.45, 7) is -0.896. The maximum absolute atomic E-state index is 10.1. The number of carbonyl (C=O) groups excluding carboxylic acids is 1. The molecule has 0 aliphatic rings. The van der Waals surface area contributed by atoms with Crippen LogP contribution in [0.25, 0.3) is 0 Å². The van der Waals surface area contributed by atoms with Crippen LogP contribution in [-0.4, -0.2) is 73.7 Å². The summed E-state index contributed by atoms with van der Waals surface area (Å²) in [7, 11) is 0. The maximum atomic E-state index is 10.1. The molecule has 9 heteroatoms. The number of carbonyl (C=O) groups is 1. The molecule has 0 fully saturated rings. The molecule has 0 saturated carbocycles. The fourth-order valence-corrected chi connectivity index (χ4v) is 0.864. The van der Waals surface area contributed by atoms with Crippen LogP contribution >= 0.6 is 0 Å². The molecule has 0 heterocycles. The summed E-state index contributed by atoms with van der Waals surface area (Å²) in [4.78, 5) is 10.1. The van der Waals surface area contributed by atoms with Gasteiger partial charge in [-0.1, -0.05) is 0 Å². The zero-order valence-electron chi connectivity index (χ0n) is 8.59. The van der Waals surface area contributed by atoms with Gasteiger partial charge in [-0.05, 0) is 0 Å². The van der Waals surface area contributed by atoms with E-state index in [0.717, 1.165) is 0 Å². The van der Waals surface area contributed by atoms with Crippen LogP contribution in [0.15, 0.2) is 0 Å². The Morgan fingerprint density at radius 2 is 1.44 bits per heavy atom. The third-order valence-electron chi connectivity index (χ3n) is 1.85. The van der Waals surface area contributed by atoms with Gasteiger partial charge in [-0.25, -0.2) is 0 Å². The normalized spacial score (nSPS) is 20.1. The van der Waals surface area contributed by atoms with E-state index in [1.165, 1.54) is 0 Å². The van der Waals surface area contributed by atoms with Gasteiger partial charge in [0.1, 0.15) is 30.5 Å². The monoisotopic (exact) mass is 264 g/mol. The third kappa shape index (κ3) is 5.47.